The monoisotopic (exact) mass is 1300 g/mol. The third-order valence-corrected chi connectivity index (χ3v) is 17.9. The smallest absolute Gasteiger partial charge is 0.455 e. The lowest BCUT2D eigenvalue weighted by Gasteiger charge is -2.67. The van der Waals surface area contributed by atoms with Crippen LogP contribution in [0.2, 0.25) is 0 Å². The zero-order valence-corrected chi connectivity index (χ0v) is 53.1. The molecule has 1 aliphatic heterocycles. The first-order chi connectivity index (χ1) is 44.3. The number of carbonyl (C=O) groups is 12. The van der Waals surface area contributed by atoms with Crippen molar-refractivity contribution in [3.8, 4) is 0 Å². The van der Waals surface area contributed by atoms with Crippen LogP contribution < -0.4 is 32.3 Å². The Balaban J connectivity index is 1.13. The van der Waals surface area contributed by atoms with Crippen LogP contribution >= 0.6 is 0 Å². The van der Waals surface area contributed by atoms with E-state index in [0.717, 1.165) is 13.8 Å². The zero-order chi connectivity index (χ0) is 68.8. The third kappa shape index (κ3) is 14.6. The van der Waals surface area contributed by atoms with E-state index in [9.17, 15) is 58.2 Å². The van der Waals surface area contributed by atoms with Crippen molar-refractivity contribution in [3.05, 3.63) is 149 Å². The number of Topliss-reactive ketones (excluding diaryl/α,β-unsaturated/α-hetero) is 1. The van der Waals surface area contributed by atoms with Gasteiger partial charge in [-0.1, -0.05) is 92.7 Å². The number of carbonyl (C=O) groups excluding carboxylic acids is 12. The average Bonchev–Trinajstić information content (AvgIpc) is 0.670. The lowest BCUT2D eigenvalue weighted by Crippen LogP contribution is -2.82. The highest BCUT2D eigenvalue weighted by molar-refractivity contribution is 6.01. The first-order valence-electron chi connectivity index (χ1n) is 30.2. The first kappa shape index (κ1) is 70.0. The van der Waals surface area contributed by atoms with Crippen molar-refractivity contribution < 1.29 is 101 Å². The number of hydrogen-bond donors (Lipinski definition) is 8. The molecule has 3 aliphatic carbocycles. The standard InChI is InChI=1S/C67H76N6O21/c1-34-46(31-67(87)56(93-61(84)43-23-17-12-18-24-43)54-65(9,47(77)30-48-66(54,33-89-48)94-39(6)76)55(79)52(90-38(5)75)50(34)64(67,7)8)91-62(85)53(51(41-19-13-10-14-20-41)73-59(82)42-21-15-11-16-22-42)92-63(86)88-32-40-25-27-44(28-26-40)71-60(83)45(29-49(68)78)72-58(81)36(3)70-57(80)35(2)69-37(4)74/h10-28,35-36,45-48,51-54,56,77,87H,29-33H2,1-9H3,(H2,68,78)(H,69,74)(H,70,80)(H,71,83)(H,72,81)(H,73,82)/t35-,36-,45-,46+,47+,48?,51?,52-,53-,54+,56+,65-,66+,67-/m1/s1. The molecule has 27 nitrogen and oxygen atoms in total. The molecule has 8 rings (SSSR count). The number of nitrogens with one attached hydrogen (secondary N) is 5. The van der Waals surface area contributed by atoms with Gasteiger partial charge in [0.25, 0.3) is 5.91 Å². The van der Waals surface area contributed by atoms with E-state index in [1.807, 2.05) is 0 Å². The summed E-state index contributed by atoms with van der Waals surface area (Å²) in [4.78, 5) is 164. The molecule has 4 aliphatic rings. The van der Waals surface area contributed by atoms with E-state index in [0.29, 0.717) is 0 Å². The van der Waals surface area contributed by atoms with Gasteiger partial charge in [-0.25, -0.2) is 14.4 Å². The third-order valence-electron chi connectivity index (χ3n) is 17.9. The van der Waals surface area contributed by atoms with Gasteiger partial charge in [0.05, 0.1) is 36.0 Å². The number of esters is 4. The van der Waals surface area contributed by atoms with Gasteiger partial charge in [0.1, 0.15) is 54.7 Å². The van der Waals surface area contributed by atoms with Gasteiger partial charge in [-0.2, -0.15) is 0 Å². The van der Waals surface area contributed by atoms with Crippen molar-refractivity contribution in [2.24, 2.45) is 22.5 Å². The summed E-state index contributed by atoms with van der Waals surface area (Å²) in [5.41, 5.74) is -2.44. The Hall–Kier alpha value is -9.86. The number of benzene rings is 4. The minimum absolute atomic E-state index is 0.0104. The molecule has 9 N–H and O–H groups in total. The fourth-order valence-corrected chi connectivity index (χ4v) is 13.0. The number of aliphatic hydroxyl groups excluding tert-OH is 1. The second-order valence-corrected chi connectivity index (χ2v) is 24.6. The van der Waals surface area contributed by atoms with E-state index in [1.165, 1.54) is 109 Å². The van der Waals surface area contributed by atoms with Gasteiger partial charge in [-0.15, -0.1) is 0 Å². The highest BCUT2D eigenvalue weighted by Crippen LogP contribution is 2.64. The molecule has 3 fully saturated rings. The number of ether oxygens (including phenoxy) is 7. The van der Waals surface area contributed by atoms with Gasteiger partial charge in [-0.3, -0.25) is 43.2 Å². The largest absolute Gasteiger partial charge is 0.509 e. The molecule has 94 heavy (non-hydrogen) atoms. The Morgan fingerprint density at radius 3 is 1.86 bits per heavy atom. The lowest BCUT2D eigenvalue weighted by molar-refractivity contribution is -0.346. The van der Waals surface area contributed by atoms with Crippen LogP contribution in [0.15, 0.2) is 126 Å². The lowest BCUT2D eigenvalue weighted by atomic mass is 9.44. The molecule has 1 saturated heterocycles. The quantitative estimate of drug-likeness (QED) is 0.0317. The Morgan fingerprint density at radius 1 is 0.713 bits per heavy atom. The molecular weight excluding hydrogens is 1220 g/mol. The highest BCUT2D eigenvalue weighted by atomic mass is 16.7. The highest BCUT2D eigenvalue weighted by Gasteiger charge is 2.78. The van der Waals surface area contributed by atoms with Crippen molar-refractivity contribution in [2.75, 3.05) is 11.9 Å². The molecule has 0 spiro atoms. The van der Waals surface area contributed by atoms with Gasteiger partial charge in [-0.05, 0) is 86.4 Å². The topological polar surface area (TPSA) is 396 Å². The molecule has 14 atom stereocenters. The van der Waals surface area contributed by atoms with Crippen molar-refractivity contribution in [3.63, 3.8) is 0 Å². The minimum Gasteiger partial charge on any atom is -0.455 e. The van der Waals surface area contributed by atoms with E-state index in [2.05, 4.69) is 26.6 Å². The number of aliphatic hydroxyl groups is 2. The van der Waals surface area contributed by atoms with Gasteiger partial charge < -0.3 is 75.7 Å². The number of nitrogens with two attached hydrogens (primary N) is 1. The Kier molecular flexibility index (Phi) is 21.3. The van der Waals surface area contributed by atoms with Crippen molar-refractivity contribution >= 4 is 76.9 Å². The normalized spacial score (nSPS) is 25.6. The van der Waals surface area contributed by atoms with E-state index in [-0.39, 0.29) is 45.5 Å². The van der Waals surface area contributed by atoms with E-state index in [4.69, 9.17) is 38.9 Å². The van der Waals surface area contributed by atoms with E-state index >= 15 is 9.59 Å². The van der Waals surface area contributed by atoms with Gasteiger partial charge >= 0.3 is 30.0 Å². The van der Waals surface area contributed by atoms with Crippen molar-refractivity contribution in [1.82, 2.24) is 21.3 Å². The number of primary amides is 1. The molecule has 0 aromatic heterocycles. The summed E-state index contributed by atoms with van der Waals surface area (Å²) in [6, 6.07) is 23.6. The Morgan fingerprint density at radius 2 is 1.30 bits per heavy atom. The second-order valence-electron chi connectivity index (χ2n) is 24.6. The predicted octanol–water partition coefficient (Wildman–Crippen LogP) is 3.42. The molecular formula is C67H76N6O21. The van der Waals surface area contributed by atoms with Crippen LogP contribution in [0.5, 0.6) is 0 Å². The second kappa shape index (κ2) is 28.6. The molecule has 0 radical (unpaired) electrons. The maximum atomic E-state index is 15.9. The molecule has 27 heteroatoms. The Labute approximate surface area is 540 Å². The molecule has 2 saturated carbocycles. The summed E-state index contributed by atoms with van der Waals surface area (Å²) in [6.45, 7) is 10.9. The number of anilines is 1. The van der Waals surface area contributed by atoms with E-state index in [1.54, 1.807) is 54.6 Å². The maximum Gasteiger partial charge on any atom is 0.509 e. The van der Waals surface area contributed by atoms with E-state index < -0.39 is 186 Å². The van der Waals surface area contributed by atoms with Crippen LogP contribution in [0.1, 0.15) is 119 Å². The minimum atomic E-state index is -2.57. The summed E-state index contributed by atoms with van der Waals surface area (Å²) >= 11 is 0. The zero-order valence-electron chi connectivity index (χ0n) is 53.1. The molecule has 4 aromatic carbocycles. The maximum absolute atomic E-state index is 15.9. The molecule has 1 heterocycles. The molecule has 6 amide bonds. The van der Waals surface area contributed by atoms with Gasteiger partial charge in [0, 0.05) is 50.3 Å². The van der Waals surface area contributed by atoms with Crippen molar-refractivity contribution in [1.29, 1.82) is 0 Å². The molecule has 4 aromatic rings. The number of amides is 6. The van der Waals surface area contributed by atoms with Crippen molar-refractivity contribution in [2.45, 2.75) is 160 Å². The number of ketones is 1. The van der Waals surface area contributed by atoms with Gasteiger partial charge in [0.15, 0.2) is 17.5 Å². The Bertz CT molecular complexity index is 3620. The van der Waals surface area contributed by atoms with Crippen LogP contribution in [0, 0.1) is 16.7 Å². The molecule has 2 unspecified atom stereocenters. The fraction of sp³-hybridized carbons (Fsp3) is 0.433. The first-order valence-corrected chi connectivity index (χ1v) is 30.2. The predicted molar refractivity (Wildman–Crippen MR) is 328 cm³/mol. The summed E-state index contributed by atoms with van der Waals surface area (Å²) in [6.07, 6.45) is -13.8. The number of fused-ring (bicyclic) bond motifs is 5. The van der Waals surface area contributed by atoms with Crippen LogP contribution in [-0.4, -0.2) is 154 Å². The summed E-state index contributed by atoms with van der Waals surface area (Å²) in [7, 11) is 0. The molecule has 500 valence electrons. The van der Waals surface area contributed by atoms with Crippen LogP contribution in [0.4, 0.5) is 10.5 Å². The number of rotatable bonds is 22. The SMILES string of the molecule is CC(=O)N[C@H](C)C(=O)N[C@H](C)C(=O)N[C@H](CC(N)=O)C(=O)Nc1ccc(COC(=O)O[C@@H](C(=O)O[C@H]2C[C@@]3(O)[C@@H](OC(=O)c4ccccc4)[C@H]4[C@](C)(C(=O)[C@H](OC(C)=O)C(=C2C)C3(C)C)[C@@H](O)CC2OC[C@]24OC(C)=O)C(NC(=O)c2ccccc2)c2ccccc2)cc1. The van der Waals surface area contributed by atoms with Crippen LogP contribution in [0.3, 0.4) is 0 Å². The fourth-order valence-electron chi connectivity index (χ4n) is 13.0. The van der Waals surface area contributed by atoms with Crippen LogP contribution in [0.25, 0.3) is 0 Å². The average molecular weight is 1300 g/mol. The van der Waals surface area contributed by atoms with Crippen LogP contribution in [-0.2, 0) is 82.9 Å². The summed E-state index contributed by atoms with van der Waals surface area (Å²) in [5, 5.41) is 38.9. The number of hydrogen-bond acceptors (Lipinski definition) is 21. The summed E-state index contributed by atoms with van der Waals surface area (Å²) in [5.74, 6) is -11.5. The van der Waals surface area contributed by atoms with Gasteiger partial charge in [0.2, 0.25) is 35.6 Å². The summed E-state index contributed by atoms with van der Waals surface area (Å²) < 4.78 is 42.4. The molecule has 2 bridgehead atoms.